The SMILES string of the molecule is O=[N+]([O-])c1ccc(NS(=O)(=O)c2cnccc2Cl)cc1Br. The van der Waals surface area contributed by atoms with Gasteiger partial charge in [0.05, 0.1) is 20.1 Å². The third kappa shape index (κ3) is 3.49. The van der Waals surface area contributed by atoms with Crippen molar-refractivity contribution in [3.63, 3.8) is 0 Å². The molecule has 0 spiro atoms. The second-order valence-corrected chi connectivity index (χ2v) is 6.75. The van der Waals surface area contributed by atoms with Gasteiger partial charge in [-0.1, -0.05) is 11.6 Å². The number of nitrogens with zero attached hydrogens (tertiary/aromatic N) is 2. The molecular weight excluding hydrogens is 386 g/mol. The normalized spacial score (nSPS) is 11.1. The van der Waals surface area contributed by atoms with E-state index in [9.17, 15) is 18.5 Å². The molecule has 2 rings (SSSR count). The van der Waals surface area contributed by atoms with Crippen molar-refractivity contribution in [2.24, 2.45) is 0 Å². The number of nitrogens with one attached hydrogen (secondary N) is 1. The molecule has 0 amide bonds. The van der Waals surface area contributed by atoms with Gasteiger partial charge in [-0.25, -0.2) is 8.42 Å². The molecule has 2 aromatic rings. The molecule has 110 valence electrons. The Kier molecular flexibility index (Phi) is 4.45. The number of pyridine rings is 1. The Morgan fingerprint density at radius 1 is 1.33 bits per heavy atom. The molecule has 0 radical (unpaired) electrons. The van der Waals surface area contributed by atoms with Crippen LogP contribution in [-0.4, -0.2) is 18.3 Å². The average molecular weight is 393 g/mol. The van der Waals surface area contributed by atoms with Gasteiger partial charge < -0.3 is 0 Å². The Bertz CT molecular complexity index is 813. The highest BCUT2D eigenvalue weighted by atomic mass is 79.9. The van der Waals surface area contributed by atoms with E-state index in [1.807, 2.05) is 0 Å². The topological polar surface area (TPSA) is 102 Å². The number of aromatic nitrogens is 1. The molecule has 1 N–H and O–H groups in total. The predicted octanol–water partition coefficient (Wildman–Crippen LogP) is 3.21. The smallest absolute Gasteiger partial charge is 0.279 e. The number of anilines is 1. The lowest BCUT2D eigenvalue weighted by Crippen LogP contribution is -2.13. The summed E-state index contributed by atoms with van der Waals surface area (Å²) in [5.41, 5.74) is -0.00949. The minimum absolute atomic E-state index is 0.0264. The first-order chi connectivity index (χ1) is 9.81. The summed E-state index contributed by atoms with van der Waals surface area (Å²) in [6.07, 6.45) is 2.48. The van der Waals surface area contributed by atoms with Crippen LogP contribution in [0.2, 0.25) is 5.02 Å². The number of hydrogen-bond acceptors (Lipinski definition) is 5. The van der Waals surface area contributed by atoms with Crippen LogP contribution in [0.25, 0.3) is 0 Å². The quantitative estimate of drug-likeness (QED) is 0.636. The molecule has 0 aliphatic carbocycles. The van der Waals surface area contributed by atoms with Crippen molar-refractivity contribution >= 4 is 48.9 Å². The zero-order valence-electron chi connectivity index (χ0n) is 10.2. The number of hydrogen-bond donors (Lipinski definition) is 1. The fourth-order valence-corrected chi connectivity index (χ4v) is 3.49. The van der Waals surface area contributed by atoms with Gasteiger partial charge in [0.25, 0.3) is 15.7 Å². The minimum Gasteiger partial charge on any atom is -0.279 e. The van der Waals surface area contributed by atoms with Gasteiger partial charge in [0.2, 0.25) is 0 Å². The second-order valence-electron chi connectivity index (χ2n) is 3.83. The lowest BCUT2D eigenvalue weighted by atomic mass is 10.3. The van der Waals surface area contributed by atoms with E-state index in [0.717, 1.165) is 6.20 Å². The standard InChI is InChI=1S/C11H7BrClN3O4S/c12-8-5-7(1-2-10(8)16(17)18)15-21(19,20)11-6-14-4-3-9(11)13/h1-6,15H. The maximum Gasteiger partial charge on any atom is 0.283 e. The monoisotopic (exact) mass is 391 g/mol. The third-order valence-electron chi connectivity index (χ3n) is 2.42. The van der Waals surface area contributed by atoms with E-state index in [1.54, 1.807) is 0 Å². The Morgan fingerprint density at radius 3 is 2.62 bits per heavy atom. The molecule has 0 unspecified atom stereocenters. The van der Waals surface area contributed by atoms with Gasteiger partial charge in [-0.2, -0.15) is 0 Å². The molecule has 0 aliphatic rings. The first-order valence-corrected chi connectivity index (χ1v) is 8.03. The minimum atomic E-state index is -3.93. The predicted molar refractivity (Wildman–Crippen MR) is 80.9 cm³/mol. The summed E-state index contributed by atoms with van der Waals surface area (Å²) < 4.78 is 26.8. The highest BCUT2D eigenvalue weighted by molar-refractivity contribution is 9.10. The molecule has 0 aliphatic heterocycles. The summed E-state index contributed by atoms with van der Waals surface area (Å²) >= 11 is 8.83. The van der Waals surface area contributed by atoms with Crippen LogP contribution in [0, 0.1) is 10.1 Å². The Balaban J connectivity index is 2.36. The van der Waals surface area contributed by atoms with Crippen LogP contribution in [0.4, 0.5) is 11.4 Å². The van der Waals surface area contributed by atoms with E-state index >= 15 is 0 Å². The van der Waals surface area contributed by atoms with Crippen molar-refractivity contribution in [3.05, 3.63) is 56.3 Å². The molecule has 21 heavy (non-hydrogen) atoms. The van der Waals surface area contributed by atoms with Crippen LogP contribution in [0.5, 0.6) is 0 Å². The van der Waals surface area contributed by atoms with E-state index in [0.29, 0.717) is 0 Å². The highest BCUT2D eigenvalue weighted by Crippen LogP contribution is 2.29. The molecule has 10 heteroatoms. The summed E-state index contributed by atoms with van der Waals surface area (Å²) in [6.45, 7) is 0. The van der Waals surface area contributed by atoms with Crippen molar-refractivity contribution in [2.75, 3.05) is 4.72 Å². The van der Waals surface area contributed by atoms with Gasteiger partial charge >= 0.3 is 0 Å². The van der Waals surface area contributed by atoms with E-state index in [4.69, 9.17) is 11.6 Å². The second kappa shape index (κ2) is 5.96. The molecule has 1 heterocycles. The maximum absolute atomic E-state index is 12.2. The van der Waals surface area contributed by atoms with Crippen LogP contribution in [0.1, 0.15) is 0 Å². The first-order valence-electron chi connectivity index (χ1n) is 5.37. The molecular formula is C11H7BrClN3O4S. The first kappa shape index (κ1) is 15.7. The largest absolute Gasteiger partial charge is 0.283 e. The molecule has 0 saturated carbocycles. The fourth-order valence-electron chi connectivity index (χ4n) is 1.49. The van der Waals surface area contributed by atoms with Crippen molar-refractivity contribution in [1.82, 2.24) is 4.98 Å². The summed E-state index contributed by atoms with van der Waals surface area (Å²) in [5, 5.41) is 10.7. The Hall–Kier alpha value is -1.71. The number of nitro benzene ring substituents is 1. The molecule has 0 bridgehead atoms. The summed E-state index contributed by atoms with van der Waals surface area (Å²) in [4.78, 5) is 13.6. The van der Waals surface area contributed by atoms with Gasteiger partial charge in [-0.3, -0.25) is 19.8 Å². The van der Waals surface area contributed by atoms with Gasteiger partial charge in [-0.15, -0.1) is 0 Å². The lowest BCUT2D eigenvalue weighted by molar-refractivity contribution is -0.385. The molecule has 1 aromatic heterocycles. The number of halogens is 2. The number of benzene rings is 1. The van der Waals surface area contributed by atoms with Crippen LogP contribution in [-0.2, 0) is 10.0 Å². The number of rotatable bonds is 4. The summed E-state index contributed by atoms with van der Waals surface area (Å²) in [7, 11) is -3.93. The van der Waals surface area contributed by atoms with Gasteiger partial charge in [-0.05, 0) is 34.1 Å². The van der Waals surface area contributed by atoms with Crippen molar-refractivity contribution in [3.8, 4) is 0 Å². The van der Waals surface area contributed by atoms with Crippen LogP contribution in [0.3, 0.4) is 0 Å². The highest BCUT2D eigenvalue weighted by Gasteiger charge is 2.19. The molecule has 1 aromatic carbocycles. The lowest BCUT2D eigenvalue weighted by Gasteiger charge is -2.09. The van der Waals surface area contributed by atoms with E-state index in [-0.39, 0.29) is 25.8 Å². The van der Waals surface area contributed by atoms with Gasteiger partial charge in [0.1, 0.15) is 4.90 Å². The van der Waals surface area contributed by atoms with Crippen LogP contribution in [0.15, 0.2) is 46.0 Å². The maximum atomic E-state index is 12.2. The van der Waals surface area contributed by atoms with Crippen molar-refractivity contribution < 1.29 is 13.3 Å². The Morgan fingerprint density at radius 2 is 2.05 bits per heavy atom. The summed E-state index contributed by atoms with van der Waals surface area (Å²) in [5.74, 6) is 0. The third-order valence-corrected chi connectivity index (χ3v) is 4.91. The number of sulfonamides is 1. The average Bonchev–Trinajstić information content (AvgIpc) is 2.38. The zero-order valence-corrected chi connectivity index (χ0v) is 13.3. The van der Waals surface area contributed by atoms with Gasteiger partial charge in [0, 0.05) is 18.5 Å². The molecule has 0 atom stereocenters. The van der Waals surface area contributed by atoms with Gasteiger partial charge in [0.15, 0.2) is 0 Å². The number of nitro groups is 1. The van der Waals surface area contributed by atoms with Crippen molar-refractivity contribution in [2.45, 2.75) is 4.90 Å². The molecule has 7 nitrogen and oxygen atoms in total. The van der Waals surface area contributed by atoms with E-state index in [2.05, 4.69) is 25.6 Å². The van der Waals surface area contributed by atoms with Crippen molar-refractivity contribution in [1.29, 1.82) is 0 Å². The fraction of sp³-hybridized carbons (Fsp3) is 0. The van der Waals surface area contributed by atoms with Crippen LogP contribution < -0.4 is 4.72 Å². The zero-order chi connectivity index (χ0) is 15.6. The molecule has 0 saturated heterocycles. The van der Waals surface area contributed by atoms with E-state index in [1.165, 1.54) is 30.5 Å². The van der Waals surface area contributed by atoms with E-state index < -0.39 is 14.9 Å². The summed E-state index contributed by atoms with van der Waals surface area (Å²) in [6, 6.07) is 5.11. The Labute approximate surface area is 133 Å². The molecule has 0 fully saturated rings. The van der Waals surface area contributed by atoms with Crippen LogP contribution >= 0.6 is 27.5 Å².